The molecule has 4 heteroatoms. The summed E-state index contributed by atoms with van der Waals surface area (Å²) in [6.07, 6.45) is 2.59. The maximum Gasteiger partial charge on any atom is 0.125 e. The van der Waals surface area contributed by atoms with E-state index >= 15 is 0 Å². The number of methoxy groups -OCH3 is 1. The highest BCUT2D eigenvalue weighted by Crippen LogP contribution is 2.21. The maximum atomic E-state index is 8.72. The number of pyridine rings is 1. The summed E-state index contributed by atoms with van der Waals surface area (Å²) >= 11 is 0. The van der Waals surface area contributed by atoms with Gasteiger partial charge < -0.3 is 10.1 Å². The fourth-order valence-electron chi connectivity index (χ4n) is 2.08. The van der Waals surface area contributed by atoms with E-state index in [0.29, 0.717) is 11.5 Å². The predicted octanol–water partition coefficient (Wildman–Crippen LogP) is 3.57. The van der Waals surface area contributed by atoms with E-state index in [0.717, 1.165) is 24.5 Å². The molecule has 0 aliphatic carbocycles. The largest absolute Gasteiger partial charge is 0.497 e. The lowest BCUT2D eigenvalue weighted by atomic mass is 9.98. The van der Waals surface area contributed by atoms with Crippen molar-refractivity contribution >= 4 is 5.82 Å². The Balaban J connectivity index is 1.82. The van der Waals surface area contributed by atoms with Gasteiger partial charge in [-0.05, 0) is 42.2 Å². The third-order valence-corrected chi connectivity index (χ3v) is 3.46. The number of nitriles is 1. The van der Waals surface area contributed by atoms with Crippen LogP contribution in [0.15, 0.2) is 42.6 Å². The Labute approximate surface area is 125 Å². The Kier molecular flexibility index (Phi) is 5.16. The van der Waals surface area contributed by atoms with Crippen molar-refractivity contribution in [2.24, 2.45) is 0 Å². The standard InChI is InChI=1S/C17H19N3O/c1-13(15-4-6-16(21-2)7-5-15)9-10-19-17-8-3-14(11-18)12-20-17/h3-8,12-13H,9-10H2,1-2H3,(H,19,20). The molecule has 0 radical (unpaired) electrons. The van der Waals surface area contributed by atoms with Crippen molar-refractivity contribution in [3.8, 4) is 11.8 Å². The molecule has 0 fully saturated rings. The minimum atomic E-state index is 0.460. The number of anilines is 1. The summed E-state index contributed by atoms with van der Waals surface area (Å²) < 4.78 is 5.16. The van der Waals surface area contributed by atoms with Gasteiger partial charge in [-0.15, -0.1) is 0 Å². The molecule has 2 aromatic rings. The van der Waals surface area contributed by atoms with Crippen LogP contribution in [0.2, 0.25) is 0 Å². The van der Waals surface area contributed by atoms with Gasteiger partial charge in [0.15, 0.2) is 0 Å². The Morgan fingerprint density at radius 3 is 2.57 bits per heavy atom. The molecule has 0 saturated heterocycles. The SMILES string of the molecule is COc1ccc(C(C)CCNc2ccc(C#N)cn2)cc1. The summed E-state index contributed by atoms with van der Waals surface area (Å²) in [5, 5.41) is 12.0. The third-order valence-electron chi connectivity index (χ3n) is 3.46. The number of nitrogens with zero attached hydrogens (tertiary/aromatic N) is 2. The number of aromatic nitrogens is 1. The summed E-state index contributed by atoms with van der Waals surface area (Å²) in [4.78, 5) is 4.19. The van der Waals surface area contributed by atoms with Crippen LogP contribution in [0.3, 0.4) is 0 Å². The fourth-order valence-corrected chi connectivity index (χ4v) is 2.08. The van der Waals surface area contributed by atoms with Gasteiger partial charge in [-0.1, -0.05) is 19.1 Å². The molecule has 2 rings (SSSR count). The number of rotatable bonds is 6. The number of hydrogen-bond donors (Lipinski definition) is 1. The van der Waals surface area contributed by atoms with Gasteiger partial charge in [0.05, 0.1) is 12.7 Å². The van der Waals surface area contributed by atoms with Crippen LogP contribution in [0.1, 0.15) is 30.4 Å². The van der Waals surface area contributed by atoms with E-state index in [-0.39, 0.29) is 0 Å². The van der Waals surface area contributed by atoms with Crippen LogP contribution >= 0.6 is 0 Å². The van der Waals surface area contributed by atoms with Crippen molar-refractivity contribution in [3.63, 3.8) is 0 Å². The van der Waals surface area contributed by atoms with Crippen molar-refractivity contribution in [2.45, 2.75) is 19.3 Å². The lowest BCUT2D eigenvalue weighted by Crippen LogP contribution is -2.07. The van der Waals surface area contributed by atoms with Crippen molar-refractivity contribution in [2.75, 3.05) is 19.0 Å². The van der Waals surface area contributed by atoms with Crippen molar-refractivity contribution in [1.29, 1.82) is 5.26 Å². The van der Waals surface area contributed by atoms with Crippen LogP contribution in [0, 0.1) is 11.3 Å². The number of benzene rings is 1. The summed E-state index contributed by atoms with van der Waals surface area (Å²) in [5.41, 5.74) is 1.87. The highest BCUT2D eigenvalue weighted by molar-refractivity contribution is 5.39. The number of ether oxygens (including phenoxy) is 1. The Morgan fingerprint density at radius 2 is 2.00 bits per heavy atom. The molecule has 108 valence electrons. The van der Waals surface area contributed by atoms with Gasteiger partial charge in [0, 0.05) is 12.7 Å². The van der Waals surface area contributed by atoms with E-state index in [1.165, 1.54) is 5.56 Å². The van der Waals surface area contributed by atoms with Crippen molar-refractivity contribution < 1.29 is 4.74 Å². The highest BCUT2D eigenvalue weighted by Gasteiger charge is 2.05. The van der Waals surface area contributed by atoms with Gasteiger partial charge in [0.1, 0.15) is 17.6 Å². The summed E-state index contributed by atoms with van der Waals surface area (Å²) in [6.45, 7) is 3.04. The molecule has 1 atom stereocenters. The summed E-state index contributed by atoms with van der Waals surface area (Å²) in [7, 11) is 1.67. The number of nitrogens with one attached hydrogen (secondary N) is 1. The quantitative estimate of drug-likeness (QED) is 0.879. The van der Waals surface area contributed by atoms with Crippen molar-refractivity contribution in [3.05, 3.63) is 53.7 Å². The minimum Gasteiger partial charge on any atom is -0.497 e. The van der Waals surface area contributed by atoms with Gasteiger partial charge in [-0.25, -0.2) is 4.98 Å². The van der Waals surface area contributed by atoms with Gasteiger partial charge in [-0.3, -0.25) is 0 Å². The lowest BCUT2D eigenvalue weighted by Gasteiger charge is -2.13. The zero-order valence-corrected chi connectivity index (χ0v) is 12.3. The van der Waals surface area contributed by atoms with Crippen LogP contribution in [0.5, 0.6) is 5.75 Å². The second-order valence-corrected chi connectivity index (χ2v) is 4.93. The van der Waals surface area contributed by atoms with E-state index in [9.17, 15) is 0 Å². The Hall–Kier alpha value is -2.54. The zero-order chi connectivity index (χ0) is 15.1. The first kappa shape index (κ1) is 14.9. The van der Waals surface area contributed by atoms with Crippen LogP contribution in [-0.4, -0.2) is 18.6 Å². The zero-order valence-electron chi connectivity index (χ0n) is 12.3. The highest BCUT2D eigenvalue weighted by atomic mass is 16.5. The molecule has 1 aromatic heterocycles. The van der Waals surface area contributed by atoms with E-state index in [1.54, 1.807) is 19.4 Å². The number of hydrogen-bond acceptors (Lipinski definition) is 4. The van der Waals surface area contributed by atoms with Gasteiger partial charge in [0.2, 0.25) is 0 Å². The second-order valence-electron chi connectivity index (χ2n) is 4.93. The van der Waals surface area contributed by atoms with E-state index < -0.39 is 0 Å². The van der Waals surface area contributed by atoms with E-state index in [4.69, 9.17) is 10.00 Å². The molecule has 1 heterocycles. The molecule has 0 bridgehead atoms. The molecule has 1 N–H and O–H groups in total. The molecule has 0 aliphatic rings. The topological polar surface area (TPSA) is 57.9 Å². The molecular weight excluding hydrogens is 262 g/mol. The lowest BCUT2D eigenvalue weighted by molar-refractivity contribution is 0.414. The molecule has 21 heavy (non-hydrogen) atoms. The average Bonchev–Trinajstić information content (AvgIpc) is 2.55. The summed E-state index contributed by atoms with van der Waals surface area (Å²) in [6, 6.07) is 13.8. The summed E-state index contributed by atoms with van der Waals surface area (Å²) in [5.74, 6) is 2.14. The molecule has 1 aromatic carbocycles. The molecule has 0 spiro atoms. The first-order valence-corrected chi connectivity index (χ1v) is 6.97. The smallest absolute Gasteiger partial charge is 0.125 e. The van der Waals surface area contributed by atoms with Gasteiger partial charge in [-0.2, -0.15) is 5.26 Å². The monoisotopic (exact) mass is 281 g/mol. The van der Waals surface area contributed by atoms with E-state index in [2.05, 4.69) is 35.4 Å². The Bertz CT molecular complexity index is 599. The third kappa shape index (κ3) is 4.22. The molecule has 0 aliphatic heterocycles. The van der Waals surface area contributed by atoms with Crippen LogP contribution in [0.25, 0.3) is 0 Å². The Morgan fingerprint density at radius 1 is 1.24 bits per heavy atom. The van der Waals surface area contributed by atoms with Crippen LogP contribution in [-0.2, 0) is 0 Å². The first-order chi connectivity index (χ1) is 10.2. The second kappa shape index (κ2) is 7.30. The fraction of sp³-hybridized carbons (Fsp3) is 0.294. The first-order valence-electron chi connectivity index (χ1n) is 6.97. The predicted molar refractivity (Wildman–Crippen MR) is 83.5 cm³/mol. The van der Waals surface area contributed by atoms with Crippen LogP contribution < -0.4 is 10.1 Å². The minimum absolute atomic E-state index is 0.460. The van der Waals surface area contributed by atoms with E-state index in [1.807, 2.05) is 18.2 Å². The van der Waals surface area contributed by atoms with Crippen LogP contribution in [0.4, 0.5) is 5.82 Å². The molecule has 0 amide bonds. The van der Waals surface area contributed by atoms with Gasteiger partial charge in [0.25, 0.3) is 0 Å². The molecule has 0 saturated carbocycles. The molecular formula is C17H19N3O. The molecule has 1 unspecified atom stereocenters. The average molecular weight is 281 g/mol. The molecule has 4 nitrogen and oxygen atoms in total. The normalized spacial score (nSPS) is 11.5. The van der Waals surface area contributed by atoms with Crippen molar-refractivity contribution in [1.82, 2.24) is 4.98 Å². The maximum absolute atomic E-state index is 8.72. The van der Waals surface area contributed by atoms with Gasteiger partial charge >= 0.3 is 0 Å².